The highest BCUT2D eigenvalue weighted by atomic mass is 15.3. The second-order valence-electron chi connectivity index (χ2n) is 3.70. The van der Waals surface area contributed by atoms with Crippen LogP contribution in [0.5, 0.6) is 0 Å². The molecule has 0 amide bonds. The number of piperidine rings is 1. The molecule has 1 rings (SSSR count). The zero-order chi connectivity index (χ0) is 10.2. The van der Waals surface area contributed by atoms with Crippen LogP contribution in [0.3, 0.4) is 0 Å². The Balaban J connectivity index is 1.94. The van der Waals surface area contributed by atoms with Gasteiger partial charge < -0.3 is 10.2 Å². The summed E-state index contributed by atoms with van der Waals surface area (Å²) in [4.78, 5) is 2.49. The summed E-state index contributed by atoms with van der Waals surface area (Å²) in [7, 11) is 0. The Morgan fingerprint density at radius 2 is 2.00 bits per heavy atom. The summed E-state index contributed by atoms with van der Waals surface area (Å²) in [6.07, 6.45) is 5.14. The van der Waals surface area contributed by atoms with Crippen molar-refractivity contribution in [2.45, 2.75) is 25.7 Å². The summed E-state index contributed by atoms with van der Waals surface area (Å²) in [5, 5.41) is 10.1. The normalized spacial score (nSPS) is 17.8. The SMILES string of the molecule is N=C(NN)NCCCN1CCCCC1. The standard InChI is InChI=1S/C9H21N5/c10-9(13-11)12-5-4-8-14-6-2-1-3-7-14/h1-8,11H2,(H3,10,12,13). The first-order valence-electron chi connectivity index (χ1n) is 5.34. The number of guanidine groups is 1. The summed E-state index contributed by atoms with van der Waals surface area (Å²) in [5.74, 6) is 5.25. The first-order valence-corrected chi connectivity index (χ1v) is 5.34. The Labute approximate surface area is 85.5 Å². The molecule has 0 aliphatic carbocycles. The smallest absolute Gasteiger partial charge is 0.202 e. The number of rotatable bonds is 4. The average molecular weight is 199 g/mol. The molecule has 14 heavy (non-hydrogen) atoms. The Hall–Kier alpha value is -0.810. The van der Waals surface area contributed by atoms with Gasteiger partial charge in [0.15, 0.2) is 0 Å². The minimum atomic E-state index is 0.198. The molecule has 0 spiro atoms. The van der Waals surface area contributed by atoms with Crippen LogP contribution in [-0.2, 0) is 0 Å². The number of likely N-dealkylation sites (tertiary alicyclic amines) is 1. The first-order chi connectivity index (χ1) is 6.83. The maximum absolute atomic E-state index is 7.20. The van der Waals surface area contributed by atoms with Crippen molar-refractivity contribution in [2.24, 2.45) is 5.84 Å². The molecule has 0 aromatic carbocycles. The summed E-state index contributed by atoms with van der Waals surface area (Å²) in [6, 6.07) is 0. The molecule has 1 aliphatic rings. The van der Waals surface area contributed by atoms with Crippen molar-refractivity contribution < 1.29 is 0 Å². The Morgan fingerprint density at radius 1 is 1.29 bits per heavy atom. The molecule has 0 saturated carbocycles. The number of nitrogens with zero attached hydrogens (tertiary/aromatic N) is 1. The molecule has 1 heterocycles. The molecule has 1 aliphatic heterocycles. The van der Waals surface area contributed by atoms with E-state index in [1.54, 1.807) is 0 Å². The number of hydrogen-bond donors (Lipinski definition) is 4. The molecule has 1 fully saturated rings. The second kappa shape index (κ2) is 6.62. The lowest BCUT2D eigenvalue weighted by Gasteiger charge is -2.26. The van der Waals surface area contributed by atoms with Gasteiger partial charge in [0.05, 0.1) is 0 Å². The summed E-state index contributed by atoms with van der Waals surface area (Å²) in [6.45, 7) is 4.43. The van der Waals surface area contributed by atoms with Crippen LogP contribution in [-0.4, -0.2) is 37.0 Å². The molecule has 5 N–H and O–H groups in total. The summed E-state index contributed by atoms with van der Waals surface area (Å²) < 4.78 is 0. The molecule has 0 bridgehead atoms. The van der Waals surface area contributed by atoms with Gasteiger partial charge in [0.1, 0.15) is 0 Å². The van der Waals surface area contributed by atoms with Gasteiger partial charge >= 0.3 is 0 Å². The fourth-order valence-corrected chi connectivity index (χ4v) is 1.75. The van der Waals surface area contributed by atoms with Crippen molar-refractivity contribution in [3.8, 4) is 0 Å². The van der Waals surface area contributed by atoms with E-state index in [9.17, 15) is 0 Å². The van der Waals surface area contributed by atoms with Crippen LogP contribution in [0.2, 0.25) is 0 Å². The van der Waals surface area contributed by atoms with Gasteiger partial charge in [0.25, 0.3) is 0 Å². The highest BCUT2D eigenvalue weighted by Crippen LogP contribution is 2.08. The van der Waals surface area contributed by atoms with Crippen molar-refractivity contribution in [1.29, 1.82) is 5.41 Å². The highest BCUT2D eigenvalue weighted by Gasteiger charge is 2.08. The topological polar surface area (TPSA) is 77.2 Å². The maximum Gasteiger partial charge on any atom is 0.202 e. The lowest BCUT2D eigenvalue weighted by Crippen LogP contribution is -2.41. The Morgan fingerprint density at radius 3 is 2.64 bits per heavy atom. The highest BCUT2D eigenvalue weighted by molar-refractivity contribution is 5.75. The molecule has 0 atom stereocenters. The zero-order valence-electron chi connectivity index (χ0n) is 8.68. The quantitative estimate of drug-likeness (QED) is 0.167. The van der Waals surface area contributed by atoms with Crippen LogP contribution in [0.15, 0.2) is 0 Å². The number of hydrazine groups is 1. The largest absolute Gasteiger partial charge is 0.355 e. The van der Waals surface area contributed by atoms with Gasteiger partial charge in [0.2, 0.25) is 5.96 Å². The first kappa shape index (κ1) is 11.3. The van der Waals surface area contributed by atoms with E-state index in [1.807, 2.05) is 0 Å². The van der Waals surface area contributed by atoms with Gasteiger partial charge in [-0.3, -0.25) is 10.8 Å². The van der Waals surface area contributed by atoms with Crippen molar-refractivity contribution in [1.82, 2.24) is 15.6 Å². The van der Waals surface area contributed by atoms with E-state index >= 15 is 0 Å². The third kappa shape index (κ3) is 4.43. The molecule has 5 nitrogen and oxygen atoms in total. The van der Waals surface area contributed by atoms with Crippen LogP contribution in [0.25, 0.3) is 0 Å². The molecule has 0 radical (unpaired) electrons. The molecule has 0 aromatic rings. The van der Waals surface area contributed by atoms with Crippen LogP contribution in [0.1, 0.15) is 25.7 Å². The lowest BCUT2D eigenvalue weighted by atomic mass is 10.1. The molecular weight excluding hydrogens is 178 g/mol. The van der Waals surface area contributed by atoms with Gasteiger partial charge in [0, 0.05) is 6.54 Å². The van der Waals surface area contributed by atoms with Crippen molar-refractivity contribution >= 4 is 5.96 Å². The maximum atomic E-state index is 7.20. The van der Waals surface area contributed by atoms with E-state index in [0.717, 1.165) is 19.5 Å². The number of nitrogens with one attached hydrogen (secondary N) is 3. The molecule has 0 aromatic heterocycles. The predicted octanol–water partition coefficient (Wildman–Crippen LogP) is -0.150. The third-order valence-corrected chi connectivity index (χ3v) is 2.55. The van der Waals surface area contributed by atoms with E-state index in [2.05, 4.69) is 15.6 Å². The molecule has 82 valence electrons. The van der Waals surface area contributed by atoms with E-state index in [1.165, 1.54) is 32.4 Å². The predicted molar refractivity (Wildman–Crippen MR) is 58.0 cm³/mol. The summed E-state index contributed by atoms with van der Waals surface area (Å²) >= 11 is 0. The van der Waals surface area contributed by atoms with Crippen LogP contribution in [0.4, 0.5) is 0 Å². The van der Waals surface area contributed by atoms with Crippen molar-refractivity contribution in [3.63, 3.8) is 0 Å². The van der Waals surface area contributed by atoms with Gasteiger partial charge in [-0.1, -0.05) is 6.42 Å². The van der Waals surface area contributed by atoms with E-state index in [4.69, 9.17) is 11.3 Å². The summed E-state index contributed by atoms with van der Waals surface area (Å²) in [5.41, 5.74) is 2.26. The average Bonchev–Trinajstić information content (AvgIpc) is 2.25. The zero-order valence-corrected chi connectivity index (χ0v) is 8.68. The van der Waals surface area contributed by atoms with Crippen LogP contribution >= 0.6 is 0 Å². The lowest BCUT2D eigenvalue weighted by molar-refractivity contribution is 0.227. The molecule has 5 heteroatoms. The fourth-order valence-electron chi connectivity index (χ4n) is 1.75. The molecular formula is C9H21N5. The Kier molecular flexibility index (Phi) is 5.32. The van der Waals surface area contributed by atoms with Gasteiger partial charge in [-0.25, -0.2) is 5.84 Å². The molecule has 1 saturated heterocycles. The minimum Gasteiger partial charge on any atom is -0.355 e. The fraction of sp³-hybridized carbons (Fsp3) is 0.889. The van der Waals surface area contributed by atoms with Gasteiger partial charge in [-0.2, -0.15) is 0 Å². The molecule has 0 unspecified atom stereocenters. The van der Waals surface area contributed by atoms with E-state index < -0.39 is 0 Å². The second-order valence-corrected chi connectivity index (χ2v) is 3.70. The van der Waals surface area contributed by atoms with E-state index in [-0.39, 0.29) is 5.96 Å². The minimum absolute atomic E-state index is 0.198. The van der Waals surface area contributed by atoms with Gasteiger partial charge in [-0.05, 0) is 38.9 Å². The van der Waals surface area contributed by atoms with Gasteiger partial charge in [-0.15, -0.1) is 0 Å². The van der Waals surface area contributed by atoms with Crippen molar-refractivity contribution in [2.75, 3.05) is 26.2 Å². The number of nitrogens with two attached hydrogens (primary N) is 1. The Bertz CT molecular complexity index is 165. The number of hydrogen-bond acceptors (Lipinski definition) is 3. The van der Waals surface area contributed by atoms with Crippen molar-refractivity contribution in [3.05, 3.63) is 0 Å². The third-order valence-electron chi connectivity index (χ3n) is 2.55. The van der Waals surface area contributed by atoms with Crippen LogP contribution < -0.4 is 16.6 Å². The monoisotopic (exact) mass is 199 g/mol. The van der Waals surface area contributed by atoms with E-state index in [0.29, 0.717) is 0 Å². The van der Waals surface area contributed by atoms with Crippen LogP contribution in [0, 0.1) is 5.41 Å².